The summed E-state index contributed by atoms with van der Waals surface area (Å²) in [5, 5.41) is 6.62. The zero-order chi connectivity index (χ0) is 25.0. The van der Waals surface area contributed by atoms with Crippen LogP contribution in [0.15, 0.2) is 57.5 Å². The number of likely N-dealkylation sites (tertiary alicyclic amines) is 1. The Bertz CT molecular complexity index is 1170. The standard InChI is InChI=1S/C26H31N5O4/c1-4-21(30-17(2)32)20(6-9-27-3)25(34)31-11-7-26(8-12-31)14-19(26)15-29-24(33)22-13-18-5-10-28-16-23(18)35-22/h5-6,9-10,13,16,19H,3-4,7-8,11-12,14-15H2,1-2H3,(H,29,33)(H,30,32)/b9-6-,21-20-. The lowest BCUT2D eigenvalue weighted by Crippen LogP contribution is -2.41. The number of furan rings is 1. The first-order valence-electron chi connectivity index (χ1n) is 11.9. The van der Waals surface area contributed by atoms with Crippen molar-refractivity contribution < 1.29 is 18.8 Å². The number of amides is 3. The zero-order valence-electron chi connectivity index (χ0n) is 20.2. The summed E-state index contributed by atoms with van der Waals surface area (Å²) in [5.41, 5.74) is 1.77. The van der Waals surface area contributed by atoms with Crippen LogP contribution in [0.1, 0.15) is 50.1 Å². The van der Waals surface area contributed by atoms with Gasteiger partial charge in [-0.1, -0.05) is 6.92 Å². The summed E-state index contributed by atoms with van der Waals surface area (Å²) in [5.74, 6) is 0.121. The molecule has 35 heavy (non-hydrogen) atoms. The highest BCUT2D eigenvalue weighted by molar-refractivity contribution is 5.98. The van der Waals surface area contributed by atoms with E-state index in [1.165, 1.54) is 13.1 Å². The van der Waals surface area contributed by atoms with E-state index in [1.807, 2.05) is 17.9 Å². The average molecular weight is 478 g/mol. The Morgan fingerprint density at radius 2 is 2.11 bits per heavy atom. The summed E-state index contributed by atoms with van der Waals surface area (Å²) < 4.78 is 5.60. The van der Waals surface area contributed by atoms with Crippen LogP contribution < -0.4 is 10.6 Å². The molecule has 1 aliphatic heterocycles. The number of nitrogens with zero attached hydrogens (tertiary/aromatic N) is 3. The minimum Gasteiger partial charge on any atom is -0.449 e. The molecule has 2 fully saturated rings. The molecule has 1 saturated carbocycles. The van der Waals surface area contributed by atoms with Crippen LogP contribution in [0.4, 0.5) is 0 Å². The maximum Gasteiger partial charge on any atom is 0.287 e. The van der Waals surface area contributed by atoms with Gasteiger partial charge in [0.2, 0.25) is 5.91 Å². The molecule has 2 aromatic heterocycles. The summed E-state index contributed by atoms with van der Waals surface area (Å²) in [4.78, 5) is 47.0. The Morgan fingerprint density at radius 1 is 1.34 bits per heavy atom. The fourth-order valence-electron chi connectivity index (χ4n) is 4.94. The summed E-state index contributed by atoms with van der Waals surface area (Å²) in [7, 11) is 0. The Balaban J connectivity index is 1.33. The van der Waals surface area contributed by atoms with E-state index in [4.69, 9.17) is 4.42 Å². The molecule has 9 nitrogen and oxygen atoms in total. The highest BCUT2D eigenvalue weighted by Crippen LogP contribution is 2.59. The van der Waals surface area contributed by atoms with Crippen LogP contribution in [0.25, 0.3) is 11.0 Å². The van der Waals surface area contributed by atoms with E-state index in [-0.39, 0.29) is 28.9 Å². The lowest BCUT2D eigenvalue weighted by Gasteiger charge is -2.33. The number of aromatic nitrogens is 1. The van der Waals surface area contributed by atoms with E-state index in [0.717, 1.165) is 24.6 Å². The quantitative estimate of drug-likeness (QED) is 0.344. The van der Waals surface area contributed by atoms with E-state index in [9.17, 15) is 14.4 Å². The van der Waals surface area contributed by atoms with Gasteiger partial charge in [0.1, 0.15) is 0 Å². The molecule has 9 heteroatoms. The third-order valence-electron chi connectivity index (χ3n) is 7.04. The van der Waals surface area contributed by atoms with Crippen LogP contribution in [0.5, 0.6) is 0 Å². The van der Waals surface area contributed by atoms with Gasteiger partial charge in [-0.05, 0) is 61.9 Å². The molecule has 1 aliphatic carbocycles. The van der Waals surface area contributed by atoms with Crippen molar-refractivity contribution in [2.75, 3.05) is 19.6 Å². The number of allylic oxidation sites excluding steroid dienone is 1. The second-order valence-corrected chi connectivity index (χ2v) is 9.22. The molecule has 2 N–H and O–H groups in total. The van der Waals surface area contributed by atoms with Crippen molar-refractivity contribution in [3.05, 3.63) is 53.8 Å². The lowest BCUT2D eigenvalue weighted by molar-refractivity contribution is -0.128. The number of pyridine rings is 1. The fraction of sp³-hybridized carbons (Fsp3) is 0.423. The molecule has 3 amide bonds. The second kappa shape index (κ2) is 10.2. The molecule has 1 saturated heterocycles. The molecule has 3 heterocycles. The molecular weight excluding hydrogens is 446 g/mol. The number of rotatable bonds is 8. The third kappa shape index (κ3) is 5.34. The molecule has 2 aliphatic rings. The van der Waals surface area contributed by atoms with Gasteiger partial charge < -0.3 is 20.0 Å². The Hall–Kier alpha value is -3.75. The van der Waals surface area contributed by atoms with Crippen molar-refractivity contribution >= 4 is 35.4 Å². The highest BCUT2D eigenvalue weighted by atomic mass is 16.3. The van der Waals surface area contributed by atoms with Crippen molar-refractivity contribution in [3.8, 4) is 0 Å². The van der Waals surface area contributed by atoms with E-state index in [0.29, 0.717) is 48.8 Å². The van der Waals surface area contributed by atoms with Gasteiger partial charge in [0.05, 0.1) is 11.8 Å². The minimum atomic E-state index is -0.224. The third-order valence-corrected chi connectivity index (χ3v) is 7.04. The van der Waals surface area contributed by atoms with Crippen LogP contribution in [0.3, 0.4) is 0 Å². The monoisotopic (exact) mass is 477 g/mol. The molecule has 0 radical (unpaired) electrons. The number of hydrogen-bond donors (Lipinski definition) is 2. The van der Waals surface area contributed by atoms with Gasteiger partial charge in [-0.15, -0.1) is 0 Å². The molecule has 0 bridgehead atoms. The van der Waals surface area contributed by atoms with Gasteiger partial charge in [-0.2, -0.15) is 0 Å². The van der Waals surface area contributed by atoms with E-state index in [1.54, 1.807) is 24.5 Å². The first-order chi connectivity index (χ1) is 16.9. The maximum atomic E-state index is 13.3. The normalized spacial score (nSPS) is 19.5. The number of hydrogen-bond acceptors (Lipinski definition) is 6. The van der Waals surface area contributed by atoms with Crippen LogP contribution in [0.2, 0.25) is 0 Å². The van der Waals surface area contributed by atoms with Gasteiger partial charge in [0, 0.05) is 50.0 Å². The van der Waals surface area contributed by atoms with Crippen molar-refractivity contribution in [2.45, 2.75) is 39.5 Å². The molecular formula is C26H31N5O4. The average Bonchev–Trinajstić information content (AvgIpc) is 3.32. The maximum absolute atomic E-state index is 13.3. The topological polar surface area (TPSA) is 117 Å². The van der Waals surface area contributed by atoms with E-state index < -0.39 is 0 Å². The number of piperidine rings is 1. The summed E-state index contributed by atoms with van der Waals surface area (Å²) in [6, 6.07) is 3.54. The van der Waals surface area contributed by atoms with Gasteiger partial charge in [0.25, 0.3) is 11.8 Å². The highest BCUT2D eigenvalue weighted by Gasteiger charge is 2.54. The van der Waals surface area contributed by atoms with E-state index in [2.05, 4.69) is 27.3 Å². The number of carbonyl (C=O) groups excluding carboxylic acids is 3. The number of fused-ring (bicyclic) bond motifs is 1. The summed E-state index contributed by atoms with van der Waals surface area (Å²) >= 11 is 0. The van der Waals surface area contributed by atoms with Gasteiger partial charge in [-0.25, -0.2) is 0 Å². The first-order valence-corrected chi connectivity index (χ1v) is 11.9. The molecule has 1 unspecified atom stereocenters. The SMILES string of the molecule is C=N/C=C\C(C(=O)N1CCC2(CC1)CC2CNC(=O)c1cc2ccncc2o1)=C(/CC)NC(C)=O. The van der Waals surface area contributed by atoms with Crippen LogP contribution in [0, 0.1) is 11.3 Å². The summed E-state index contributed by atoms with van der Waals surface area (Å²) in [6.45, 7) is 8.61. The largest absolute Gasteiger partial charge is 0.449 e. The molecule has 0 aromatic carbocycles. The fourth-order valence-corrected chi connectivity index (χ4v) is 4.94. The van der Waals surface area contributed by atoms with Crippen molar-refractivity contribution in [2.24, 2.45) is 16.3 Å². The lowest BCUT2D eigenvalue weighted by atomic mass is 9.90. The zero-order valence-corrected chi connectivity index (χ0v) is 20.2. The number of nitrogens with one attached hydrogen (secondary N) is 2. The molecule has 1 spiro atoms. The predicted octanol–water partition coefficient (Wildman–Crippen LogP) is 3.20. The molecule has 1 atom stereocenters. The van der Waals surface area contributed by atoms with Gasteiger partial charge >= 0.3 is 0 Å². The Morgan fingerprint density at radius 3 is 2.77 bits per heavy atom. The number of carbonyl (C=O) groups is 3. The van der Waals surface area contributed by atoms with Crippen LogP contribution in [-0.2, 0) is 9.59 Å². The molecule has 184 valence electrons. The minimum absolute atomic E-state index is 0.116. The van der Waals surface area contributed by atoms with Crippen LogP contribution >= 0.6 is 0 Å². The second-order valence-electron chi connectivity index (χ2n) is 9.22. The van der Waals surface area contributed by atoms with Crippen molar-refractivity contribution in [1.82, 2.24) is 20.5 Å². The predicted molar refractivity (Wildman–Crippen MR) is 133 cm³/mol. The van der Waals surface area contributed by atoms with Gasteiger partial charge in [0.15, 0.2) is 11.3 Å². The van der Waals surface area contributed by atoms with Crippen molar-refractivity contribution in [1.29, 1.82) is 0 Å². The number of aliphatic imine (C=N–C) groups is 1. The van der Waals surface area contributed by atoms with Crippen molar-refractivity contribution in [3.63, 3.8) is 0 Å². The first kappa shape index (κ1) is 24.4. The Labute approximate surface area is 204 Å². The molecule has 4 rings (SSSR count). The van der Waals surface area contributed by atoms with Gasteiger partial charge in [-0.3, -0.25) is 24.4 Å². The van der Waals surface area contributed by atoms with E-state index >= 15 is 0 Å². The smallest absolute Gasteiger partial charge is 0.287 e. The Kier molecular flexibility index (Phi) is 7.14. The summed E-state index contributed by atoms with van der Waals surface area (Å²) in [6.07, 6.45) is 9.66. The van der Waals surface area contributed by atoms with Crippen LogP contribution in [-0.4, -0.2) is 54.0 Å². The molecule has 2 aromatic rings.